The number of nitrogens with one attached hydrogen (secondary N) is 1. The number of nitrogens with zero attached hydrogens (tertiary/aromatic N) is 1. The number of carbonyl (C=O) groups is 1. The molecule has 1 aliphatic heterocycles. The first-order valence-electron chi connectivity index (χ1n) is 7.13. The third kappa shape index (κ3) is 3.13. The van der Waals surface area contributed by atoms with Crippen molar-refractivity contribution in [3.05, 3.63) is 47.7 Å². The molecule has 22 heavy (non-hydrogen) atoms. The lowest BCUT2D eigenvalue weighted by atomic mass is 9.91. The molecule has 3 N–H and O–H groups in total. The molecule has 2 aromatic rings. The van der Waals surface area contributed by atoms with Gasteiger partial charge in [-0.1, -0.05) is 24.3 Å². The zero-order chi connectivity index (χ0) is 15.0. The molecule has 1 aromatic heterocycles. The number of carbonyl (C=O) groups excluding carboxylic acids is 1. The van der Waals surface area contributed by atoms with Crippen molar-refractivity contribution in [1.82, 2.24) is 4.98 Å². The van der Waals surface area contributed by atoms with E-state index in [1.807, 2.05) is 19.9 Å². The number of benzene rings is 1. The molecule has 3 rings (SSSR count). The largest absolute Gasteiger partial charge is 0.322 e. The lowest BCUT2D eigenvalue weighted by Gasteiger charge is -2.21. The quantitative estimate of drug-likeness (QED) is 0.893. The van der Waals surface area contributed by atoms with Crippen molar-refractivity contribution in [2.24, 2.45) is 5.73 Å². The van der Waals surface area contributed by atoms with E-state index in [1.54, 1.807) is 6.20 Å². The van der Waals surface area contributed by atoms with E-state index in [-0.39, 0.29) is 23.9 Å². The molecule has 1 aliphatic rings. The summed E-state index contributed by atoms with van der Waals surface area (Å²) in [4.78, 5) is 15.7. The van der Waals surface area contributed by atoms with Gasteiger partial charge in [0.15, 0.2) is 0 Å². The molecule has 0 saturated carbocycles. The summed E-state index contributed by atoms with van der Waals surface area (Å²) in [6.07, 6.45) is 2.98. The fourth-order valence-electron chi connectivity index (χ4n) is 2.64. The number of halogens is 1. The molecule has 0 aliphatic carbocycles. The Hall–Kier alpha value is -1.91. The molecule has 0 fully saturated rings. The number of anilines is 1. The topological polar surface area (TPSA) is 68.0 Å². The van der Waals surface area contributed by atoms with Crippen LogP contribution in [0.1, 0.15) is 31.4 Å². The molecular formula is C17H20ClN3O. The van der Waals surface area contributed by atoms with Gasteiger partial charge in [-0.25, -0.2) is 4.98 Å². The molecule has 0 radical (unpaired) electrons. The molecule has 1 aromatic carbocycles. The maximum Gasteiger partial charge on any atom is 0.225 e. The Morgan fingerprint density at radius 1 is 1.14 bits per heavy atom. The summed E-state index contributed by atoms with van der Waals surface area (Å²) in [6.45, 7) is 3.98. The van der Waals surface area contributed by atoms with Crippen molar-refractivity contribution in [3.8, 4) is 11.1 Å². The Balaban J connectivity index is 0.00000176. The number of amides is 1. The van der Waals surface area contributed by atoms with Crippen LogP contribution in [0, 0.1) is 0 Å². The van der Waals surface area contributed by atoms with Crippen LogP contribution in [-0.2, 0) is 16.8 Å². The van der Waals surface area contributed by atoms with Gasteiger partial charge in [-0.15, -0.1) is 12.4 Å². The van der Waals surface area contributed by atoms with Gasteiger partial charge in [-0.3, -0.25) is 4.79 Å². The van der Waals surface area contributed by atoms with Crippen molar-refractivity contribution >= 4 is 24.1 Å². The average molecular weight is 318 g/mol. The SMILES string of the molecule is CC(C)(N)c1ccc(-c2ccnc3c2CCC(=O)N3)cc1.Cl. The normalized spacial score (nSPS) is 13.9. The minimum absolute atomic E-state index is 0. The Bertz CT molecular complexity index is 690. The molecule has 2 heterocycles. The van der Waals surface area contributed by atoms with Gasteiger partial charge in [-0.05, 0) is 43.0 Å². The fourth-order valence-corrected chi connectivity index (χ4v) is 2.64. The second kappa shape index (κ2) is 6.07. The number of hydrogen-bond acceptors (Lipinski definition) is 3. The molecule has 0 unspecified atom stereocenters. The third-order valence-electron chi connectivity index (χ3n) is 3.86. The minimum Gasteiger partial charge on any atom is -0.322 e. The third-order valence-corrected chi connectivity index (χ3v) is 3.86. The average Bonchev–Trinajstić information content (AvgIpc) is 2.45. The molecule has 5 heteroatoms. The van der Waals surface area contributed by atoms with Gasteiger partial charge in [-0.2, -0.15) is 0 Å². The summed E-state index contributed by atoms with van der Waals surface area (Å²) in [5.41, 5.74) is 10.2. The zero-order valence-electron chi connectivity index (χ0n) is 12.7. The van der Waals surface area contributed by atoms with Crippen molar-refractivity contribution in [2.45, 2.75) is 32.2 Å². The van der Waals surface area contributed by atoms with Crippen molar-refractivity contribution in [3.63, 3.8) is 0 Å². The Labute approximate surface area is 136 Å². The lowest BCUT2D eigenvalue weighted by molar-refractivity contribution is -0.116. The van der Waals surface area contributed by atoms with Crippen LogP contribution in [0.2, 0.25) is 0 Å². The summed E-state index contributed by atoms with van der Waals surface area (Å²) in [6, 6.07) is 10.3. The Kier molecular flexibility index (Phi) is 4.54. The van der Waals surface area contributed by atoms with Gasteiger partial charge in [0.25, 0.3) is 0 Å². The van der Waals surface area contributed by atoms with Gasteiger partial charge in [0.1, 0.15) is 5.82 Å². The fraction of sp³-hybridized carbons (Fsp3) is 0.294. The van der Waals surface area contributed by atoms with Crippen LogP contribution in [0.15, 0.2) is 36.5 Å². The number of pyridine rings is 1. The minimum atomic E-state index is -0.343. The van der Waals surface area contributed by atoms with Crippen molar-refractivity contribution in [1.29, 1.82) is 0 Å². The molecule has 0 atom stereocenters. The van der Waals surface area contributed by atoms with Crippen LogP contribution < -0.4 is 11.1 Å². The Morgan fingerprint density at radius 3 is 2.45 bits per heavy atom. The second-order valence-corrected chi connectivity index (χ2v) is 6.03. The van der Waals surface area contributed by atoms with Crippen LogP contribution in [-0.4, -0.2) is 10.9 Å². The number of fused-ring (bicyclic) bond motifs is 1. The summed E-state index contributed by atoms with van der Waals surface area (Å²) in [5.74, 6) is 0.722. The van der Waals surface area contributed by atoms with Crippen LogP contribution in [0.5, 0.6) is 0 Å². The van der Waals surface area contributed by atoms with E-state index in [1.165, 1.54) is 0 Å². The maximum absolute atomic E-state index is 11.5. The van der Waals surface area contributed by atoms with E-state index in [9.17, 15) is 4.79 Å². The highest BCUT2D eigenvalue weighted by molar-refractivity contribution is 5.94. The van der Waals surface area contributed by atoms with Gasteiger partial charge >= 0.3 is 0 Å². The van der Waals surface area contributed by atoms with Gasteiger partial charge in [0.05, 0.1) is 0 Å². The monoisotopic (exact) mass is 317 g/mol. The zero-order valence-corrected chi connectivity index (χ0v) is 13.5. The second-order valence-electron chi connectivity index (χ2n) is 6.03. The van der Waals surface area contributed by atoms with Crippen molar-refractivity contribution in [2.75, 3.05) is 5.32 Å². The smallest absolute Gasteiger partial charge is 0.225 e. The number of nitrogens with two attached hydrogens (primary N) is 1. The lowest BCUT2D eigenvalue weighted by Crippen LogP contribution is -2.28. The van der Waals surface area contributed by atoms with Crippen molar-refractivity contribution < 1.29 is 4.79 Å². The highest BCUT2D eigenvalue weighted by Crippen LogP contribution is 2.32. The number of aromatic nitrogens is 1. The number of hydrogen-bond donors (Lipinski definition) is 2. The van der Waals surface area contributed by atoms with Crippen LogP contribution in [0.3, 0.4) is 0 Å². The Morgan fingerprint density at radius 2 is 1.82 bits per heavy atom. The number of rotatable bonds is 2. The summed E-state index contributed by atoms with van der Waals surface area (Å²) in [7, 11) is 0. The highest BCUT2D eigenvalue weighted by atomic mass is 35.5. The van der Waals surface area contributed by atoms with E-state index >= 15 is 0 Å². The standard InChI is InChI=1S/C17H19N3O.ClH/c1-17(2,18)12-5-3-11(4-6-12)13-9-10-19-16-14(13)7-8-15(21)20-16;/h3-6,9-10H,7-8,18H2,1-2H3,(H,19,20,21);1H. The van der Waals surface area contributed by atoms with Crippen LogP contribution >= 0.6 is 12.4 Å². The van der Waals surface area contributed by atoms with E-state index in [0.717, 1.165) is 28.7 Å². The van der Waals surface area contributed by atoms with Crippen LogP contribution in [0.25, 0.3) is 11.1 Å². The van der Waals surface area contributed by atoms with E-state index in [2.05, 4.69) is 34.6 Å². The first-order chi connectivity index (χ1) is 9.95. The first-order valence-corrected chi connectivity index (χ1v) is 7.13. The molecule has 1 amide bonds. The predicted molar refractivity (Wildman–Crippen MR) is 91.1 cm³/mol. The first kappa shape index (κ1) is 16.5. The molecule has 0 bridgehead atoms. The van der Waals surface area contributed by atoms with Gasteiger partial charge < -0.3 is 11.1 Å². The summed E-state index contributed by atoms with van der Waals surface area (Å²) < 4.78 is 0. The summed E-state index contributed by atoms with van der Waals surface area (Å²) in [5, 5.41) is 2.84. The molecular weight excluding hydrogens is 298 g/mol. The van der Waals surface area contributed by atoms with Gasteiger partial charge in [0.2, 0.25) is 5.91 Å². The molecule has 4 nitrogen and oxygen atoms in total. The van der Waals surface area contributed by atoms with Gasteiger partial charge in [0, 0.05) is 23.7 Å². The highest BCUT2D eigenvalue weighted by Gasteiger charge is 2.20. The molecule has 116 valence electrons. The van der Waals surface area contributed by atoms with E-state index in [4.69, 9.17) is 5.73 Å². The summed E-state index contributed by atoms with van der Waals surface area (Å²) >= 11 is 0. The maximum atomic E-state index is 11.5. The molecule has 0 spiro atoms. The van der Waals surface area contributed by atoms with E-state index in [0.29, 0.717) is 12.2 Å². The molecule has 0 saturated heterocycles. The van der Waals surface area contributed by atoms with E-state index < -0.39 is 0 Å². The van der Waals surface area contributed by atoms with Crippen LogP contribution in [0.4, 0.5) is 5.82 Å². The predicted octanol–water partition coefficient (Wildman–Crippen LogP) is 3.25.